The van der Waals surface area contributed by atoms with Crippen molar-refractivity contribution in [2.45, 2.75) is 26.4 Å². The van der Waals surface area contributed by atoms with Gasteiger partial charge in [-0.15, -0.1) is 11.3 Å². The fourth-order valence-corrected chi connectivity index (χ4v) is 3.91. The second-order valence-electron chi connectivity index (χ2n) is 5.45. The van der Waals surface area contributed by atoms with Gasteiger partial charge in [-0.05, 0) is 12.5 Å². The number of hydrogen-bond donors (Lipinski definition) is 0. The van der Waals surface area contributed by atoms with Gasteiger partial charge in [0, 0.05) is 37.1 Å². The molecule has 20 heavy (non-hydrogen) atoms. The third kappa shape index (κ3) is 1.96. The Morgan fingerprint density at radius 3 is 2.95 bits per heavy atom. The predicted octanol–water partition coefficient (Wildman–Crippen LogP) is 3.26. The van der Waals surface area contributed by atoms with E-state index in [1.807, 2.05) is 0 Å². The maximum Gasteiger partial charge on any atom is 0.194 e. The highest BCUT2D eigenvalue weighted by Gasteiger charge is 2.22. The number of rotatable bonds is 2. The Hall–Kier alpha value is -1.65. The van der Waals surface area contributed by atoms with Gasteiger partial charge in [0.05, 0.1) is 11.4 Å². The Balaban J connectivity index is 1.64. The highest BCUT2D eigenvalue weighted by Crippen LogP contribution is 2.26. The van der Waals surface area contributed by atoms with Crippen LogP contribution in [0, 0.1) is 6.92 Å². The predicted molar refractivity (Wildman–Crippen MR) is 82.1 cm³/mol. The number of benzene rings is 1. The normalized spacial score (nSPS) is 15.7. The molecule has 4 rings (SSSR count). The molecular weight excluding hydrogens is 266 g/mol. The van der Waals surface area contributed by atoms with Crippen molar-refractivity contribution in [1.29, 1.82) is 0 Å². The molecule has 0 fully saturated rings. The second kappa shape index (κ2) is 4.72. The Labute approximate surface area is 122 Å². The maximum atomic E-state index is 4.77. The summed E-state index contributed by atoms with van der Waals surface area (Å²) < 4.78 is 2.33. The van der Waals surface area contributed by atoms with Gasteiger partial charge in [0.1, 0.15) is 0 Å². The van der Waals surface area contributed by atoms with Gasteiger partial charge in [-0.25, -0.2) is 4.98 Å². The first-order chi connectivity index (χ1) is 9.81. The number of thiazole rings is 1. The fourth-order valence-electron chi connectivity index (χ4n) is 3.00. The lowest BCUT2D eigenvalue weighted by molar-refractivity contribution is 0.240. The van der Waals surface area contributed by atoms with Crippen molar-refractivity contribution in [3.8, 4) is 0 Å². The lowest BCUT2D eigenvalue weighted by Gasteiger charge is -2.26. The highest BCUT2D eigenvalue weighted by molar-refractivity contribution is 7.15. The first-order valence-corrected chi connectivity index (χ1v) is 7.90. The van der Waals surface area contributed by atoms with Crippen LogP contribution in [0.25, 0.3) is 4.96 Å². The topological polar surface area (TPSA) is 20.5 Å². The van der Waals surface area contributed by atoms with Crippen LogP contribution in [0.4, 0.5) is 0 Å². The number of aryl methyl sites for hydroxylation is 1. The van der Waals surface area contributed by atoms with Crippen molar-refractivity contribution in [1.82, 2.24) is 14.3 Å². The number of fused-ring (bicyclic) bond motifs is 3. The van der Waals surface area contributed by atoms with Crippen molar-refractivity contribution in [2.24, 2.45) is 0 Å². The summed E-state index contributed by atoms with van der Waals surface area (Å²) in [5.74, 6) is 0. The van der Waals surface area contributed by atoms with Crippen LogP contribution in [0.15, 0.2) is 35.7 Å². The van der Waals surface area contributed by atoms with Gasteiger partial charge < -0.3 is 0 Å². The molecule has 102 valence electrons. The summed E-state index contributed by atoms with van der Waals surface area (Å²) in [6.07, 6.45) is 1.07. The van der Waals surface area contributed by atoms with E-state index in [-0.39, 0.29) is 0 Å². The summed E-state index contributed by atoms with van der Waals surface area (Å²) in [6, 6.07) is 10.7. The quantitative estimate of drug-likeness (QED) is 0.719. The molecule has 1 aliphatic rings. The van der Waals surface area contributed by atoms with E-state index in [4.69, 9.17) is 4.98 Å². The van der Waals surface area contributed by atoms with Crippen molar-refractivity contribution in [3.63, 3.8) is 0 Å². The van der Waals surface area contributed by atoms with E-state index in [9.17, 15) is 0 Å². The molecule has 3 heterocycles. The molecule has 0 atom stereocenters. The molecular formula is C16H17N3S. The molecule has 1 aliphatic heterocycles. The Bertz CT molecular complexity index is 742. The summed E-state index contributed by atoms with van der Waals surface area (Å²) in [5, 5.41) is 2.19. The van der Waals surface area contributed by atoms with Crippen LogP contribution in [-0.4, -0.2) is 20.8 Å². The van der Waals surface area contributed by atoms with Crippen LogP contribution >= 0.6 is 11.3 Å². The monoisotopic (exact) mass is 283 g/mol. The molecule has 1 aromatic carbocycles. The van der Waals surface area contributed by atoms with E-state index >= 15 is 0 Å². The molecule has 3 aromatic rings. The molecule has 0 aliphatic carbocycles. The molecule has 3 nitrogen and oxygen atoms in total. The minimum atomic E-state index is 1.00. The standard InChI is InChI=1S/C16H17N3S/c1-12-11-20-16-17-14-7-8-18(10-15(14)19(12)16)9-13-5-3-2-4-6-13/h2-6,11H,7-10H2,1H3. The third-order valence-corrected chi connectivity index (χ3v) is 4.94. The number of imidazole rings is 1. The first-order valence-electron chi connectivity index (χ1n) is 7.02. The number of hydrogen-bond acceptors (Lipinski definition) is 3. The summed E-state index contributed by atoms with van der Waals surface area (Å²) in [4.78, 5) is 8.43. The summed E-state index contributed by atoms with van der Waals surface area (Å²) in [6.45, 7) is 5.30. The molecule has 0 amide bonds. The smallest absolute Gasteiger partial charge is 0.194 e. The first kappa shape index (κ1) is 12.1. The SMILES string of the molecule is Cc1csc2nc3c(n12)CN(Cc1ccccc1)CC3. The molecule has 0 bridgehead atoms. The molecule has 0 saturated heterocycles. The summed E-state index contributed by atoms with van der Waals surface area (Å²) in [5.41, 5.74) is 5.38. The van der Waals surface area contributed by atoms with Gasteiger partial charge in [0.15, 0.2) is 4.96 Å². The lowest BCUT2D eigenvalue weighted by atomic mass is 10.1. The average Bonchev–Trinajstić information content (AvgIpc) is 3.00. The van der Waals surface area contributed by atoms with E-state index in [1.54, 1.807) is 11.3 Å². The van der Waals surface area contributed by atoms with Crippen LogP contribution < -0.4 is 0 Å². The van der Waals surface area contributed by atoms with E-state index < -0.39 is 0 Å². The Morgan fingerprint density at radius 1 is 1.25 bits per heavy atom. The van der Waals surface area contributed by atoms with Crippen LogP contribution in [0.1, 0.15) is 22.6 Å². The zero-order chi connectivity index (χ0) is 13.5. The van der Waals surface area contributed by atoms with Crippen molar-refractivity contribution in [2.75, 3.05) is 6.54 Å². The largest absolute Gasteiger partial charge is 0.293 e. The van der Waals surface area contributed by atoms with Crippen LogP contribution in [-0.2, 0) is 19.5 Å². The highest BCUT2D eigenvalue weighted by atomic mass is 32.1. The van der Waals surface area contributed by atoms with Crippen LogP contribution in [0.5, 0.6) is 0 Å². The molecule has 4 heteroatoms. The number of aromatic nitrogens is 2. The zero-order valence-corrected chi connectivity index (χ0v) is 12.4. The molecule has 0 spiro atoms. The number of nitrogens with zero attached hydrogens (tertiary/aromatic N) is 3. The minimum Gasteiger partial charge on any atom is -0.293 e. The molecule has 0 N–H and O–H groups in total. The fraction of sp³-hybridized carbons (Fsp3) is 0.312. The lowest BCUT2D eigenvalue weighted by Crippen LogP contribution is -2.30. The Kier molecular flexibility index (Phi) is 2.86. The summed E-state index contributed by atoms with van der Waals surface area (Å²) in [7, 11) is 0. The average molecular weight is 283 g/mol. The van der Waals surface area contributed by atoms with Gasteiger partial charge in [0.25, 0.3) is 0 Å². The maximum absolute atomic E-state index is 4.77. The summed E-state index contributed by atoms with van der Waals surface area (Å²) >= 11 is 1.75. The van der Waals surface area contributed by atoms with E-state index in [1.165, 1.54) is 22.6 Å². The zero-order valence-electron chi connectivity index (χ0n) is 11.5. The Morgan fingerprint density at radius 2 is 2.10 bits per heavy atom. The van der Waals surface area contributed by atoms with Gasteiger partial charge in [-0.3, -0.25) is 9.30 Å². The van der Waals surface area contributed by atoms with Gasteiger partial charge in [0.2, 0.25) is 0 Å². The molecule has 0 saturated carbocycles. The third-order valence-electron chi connectivity index (χ3n) is 4.00. The van der Waals surface area contributed by atoms with Crippen LogP contribution in [0.3, 0.4) is 0 Å². The molecule has 0 radical (unpaired) electrons. The van der Waals surface area contributed by atoms with Crippen LogP contribution in [0.2, 0.25) is 0 Å². The van der Waals surface area contributed by atoms with Crippen molar-refractivity contribution < 1.29 is 0 Å². The van der Waals surface area contributed by atoms with Gasteiger partial charge in [-0.1, -0.05) is 30.3 Å². The van der Waals surface area contributed by atoms with E-state index in [2.05, 4.69) is 51.9 Å². The molecule has 2 aromatic heterocycles. The second-order valence-corrected chi connectivity index (χ2v) is 6.28. The van der Waals surface area contributed by atoms with Gasteiger partial charge >= 0.3 is 0 Å². The van der Waals surface area contributed by atoms with E-state index in [0.29, 0.717) is 0 Å². The van der Waals surface area contributed by atoms with Crippen molar-refractivity contribution in [3.05, 3.63) is 58.4 Å². The minimum absolute atomic E-state index is 1.00. The van der Waals surface area contributed by atoms with E-state index in [0.717, 1.165) is 31.0 Å². The van der Waals surface area contributed by atoms with Gasteiger partial charge in [-0.2, -0.15) is 0 Å². The molecule has 0 unspecified atom stereocenters. The van der Waals surface area contributed by atoms with Crippen molar-refractivity contribution >= 4 is 16.3 Å².